The number of carbonyl (C=O) groups excluding carboxylic acids is 2. The lowest BCUT2D eigenvalue weighted by Crippen LogP contribution is -2.31. The van der Waals surface area contributed by atoms with E-state index in [1.807, 2.05) is 55.5 Å². The molecule has 0 spiro atoms. The Morgan fingerprint density at radius 1 is 1.04 bits per heavy atom. The Morgan fingerprint density at radius 3 is 2.42 bits per heavy atom. The SMILES string of the molecule is Cc1c(NCC(=O)N(C)Cc2ccccc2)cccc1NC(=O)C1CC1. The highest BCUT2D eigenvalue weighted by atomic mass is 16.2. The molecule has 0 saturated heterocycles. The van der Waals surface area contributed by atoms with Crippen LogP contribution in [-0.4, -0.2) is 30.3 Å². The predicted octanol–water partition coefficient (Wildman–Crippen LogP) is 3.41. The van der Waals surface area contributed by atoms with Gasteiger partial charge in [-0.2, -0.15) is 0 Å². The molecule has 2 amide bonds. The van der Waals surface area contributed by atoms with Crippen LogP contribution < -0.4 is 10.6 Å². The first-order valence-electron chi connectivity index (χ1n) is 8.97. The first-order chi connectivity index (χ1) is 12.5. The van der Waals surface area contributed by atoms with Gasteiger partial charge in [0.25, 0.3) is 0 Å². The number of hydrogen-bond acceptors (Lipinski definition) is 3. The minimum atomic E-state index is 0.0145. The molecule has 0 unspecified atom stereocenters. The highest BCUT2D eigenvalue weighted by Crippen LogP contribution is 2.31. The average molecular weight is 351 g/mol. The summed E-state index contributed by atoms with van der Waals surface area (Å²) in [6.07, 6.45) is 1.95. The molecule has 3 rings (SSSR count). The summed E-state index contributed by atoms with van der Waals surface area (Å²) >= 11 is 0. The summed E-state index contributed by atoms with van der Waals surface area (Å²) in [5.41, 5.74) is 3.71. The smallest absolute Gasteiger partial charge is 0.241 e. The molecule has 0 atom stereocenters. The van der Waals surface area contributed by atoms with Crippen molar-refractivity contribution >= 4 is 23.2 Å². The topological polar surface area (TPSA) is 61.4 Å². The van der Waals surface area contributed by atoms with Crippen LogP contribution in [0.15, 0.2) is 48.5 Å². The van der Waals surface area contributed by atoms with Crippen LogP contribution in [0.4, 0.5) is 11.4 Å². The summed E-state index contributed by atoms with van der Waals surface area (Å²) < 4.78 is 0. The molecule has 136 valence electrons. The van der Waals surface area contributed by atoms with Crippen LogP contribution in [0.2, 0.25) is 0 Å². The molecule has 0 aromatic heterocycles. The zero-order valence-corrected chi connectivity index (χ0v) is 15.3. The predicted molar refractivity (Wildman–Crippen MR) is 104 cm³/mol. The van der Waals surface area contributed by atoms with Crippen molar-refractivity contribution in [3.63, 3.8) is 0 Å². The van der Waals surface area contributed by atoms with E-state index in [-0.39, 0.29) is 24.3 Å². The third kappa shape index (κ3) is 4.63. The first kappa shape index (κ1) is 18.0. The molecule has 0 aliphatic heterocycles. The Labute approximate surface area is 154 Å². The molecule has 0 bridgehead atoms. The van der Waals surface area contributed by atoms with Crippen molar-refractivity contribution in [2.75, 3.05) is 24.2 Å². The Kier molecular flexibility index (Phi) is 5.56. The van der Waals surface area contributed by atoms with E-state index in [0.717, 1.165) is 35.3 Å². The lowest BCUT2D eigenvalue weighted by molar-refractivity contribution is -0.128. The van der Waals surface area contributed by atoms with E-state index in [4.69, 9.17) is 0 Å². The lowest BCUT2D eigenvalue weighted by atomic mass is 10.1. The fraction of sp³-hybridized carbons (Fsp3) is 0.333. The molecule has 1 aliphatic carbocycles. The minimum absolute atomic E-state index is 0.0145. The first-order valence-corrected chi connectivity index (χ1v) is 8.97. The maximum Gasteiger partial charge on any atom is 0.241 e. The van der Waals surface area contributed by atoms with Crippen molar-refractivity contribution in [3.8, 4) is 0 Å². The van der Waals surface area contributed by atoms with Gasteiger partial charge in [-0.15, -0.1) is 0 Å². The van der Waals surface area contributed by atoms with Gasteiger partial charge in [-0.1, -0.05) is 36.4 Å². The van der Waals surface area contributed by atoms with Gasteiger partial charge in [0.05, 0.1) is 6.54 Å². The summed E-state index contributed by atoms with van der Waals surface area (Å²) in [5, 5.41) is 6.18. The highest BCUT2D eigenvalue weighted by Gasteiger charge is 2.29. The highest BCUT2D eigenvalue weighted by molar-refractivity contribution is 5.95. The van der Waals surface area contributed by atoms with Crippen molar-refractivity contribution in [1.29, 1.82) is 0 Å². The molecule has 5 heteroatoms. The summed E-state index contributed by atoms with van der Waals surface area (Å²) in [6.45, 7) is 2.74. The average Bonchev–Trinajstić information content (AvgIpc) is 3.48. The van der Waals surface area contributed by atoms with Gasteiger partial charge in [-0.05, 0) is 43.0 Å². The second-order valence-electron chi connectivity index (χ2n) is 6.83. The van der Waals surface area contributed by atoms with E-state index in [2.05, 4.69) is 10.6 Å². The molecule has 1 aliphatic rings. The Morgan fingerprint density at radius 2 is 1.73 bits per heavy atom. The molecule has 2 aromatic rings. The summed E-state index contributed by atoms with van der Waals surface area (Å²) in [4.78, 5) is 26.1. The quantitative estimate of drug-likeness (QED) is 0.803. The maximum absolute atomic E-state index is 12.4. The molecule has 2 aromatic carbocycles. The van der Waals surface area contributed by atoms with Gasteiger partial charge in [-0.25, -0.2) is 0 Å². The van der Waals surface area contributed by atoms with E-state index >= 15 is 0 Å². The number of nitrogens with one attached hydrogen (secondary N) is 2. The second-order valence-corrected chi connectivity index (χ2v) is 6.83. The molecular formula is C21H25N3O2. The summed E-state index contributed by atoms with van der Waals surface area (Å²) in [5.74, 6) is 0.267. The zero-order valence-electron chi connectivity index (χ0n) is 15.3. The van der Waals surface area contributed by atoms with E-state index < -0.39 is 0 Å². The van der Waals surface area contributed by atoms with Crippen molar-refractivity contribution in [1.82, 2.24) is 4.90 Å². The van der Waals surface area contributed by atoms with Gasteiger partial charge in [0.15, 0.2) is 0 Å². The van der Waals surface area contributed by atoms with Crippen molar-refractivity contribution in [2.24, 2.45) is 5.92 Å². The molecule has 1 fully saturated rings. The zero-order chi connectivity index (χ0) is 18.5. The van der Waals surface area contributed by atoms with Gasteiger partial charge in [0.2, 0.25) is 11.8 Å². The maximum atomic E-state index is 12.4. The number of hydrogen-bond donors (Lipinski definition) is 2. The van der Waals surface area contributed by atoms with Crippen LogP contribution >= 0.6 is 0 Å². The molecular weight excluding hydrogens is 326 g/mol. The normalized spacial score (nSPS) is 13.2. The third-order valence-corrected chi connectivity index (χ3v) is 4.66. The Hall–Kier alpha value is -2.82. The van der Waals surface area contributed by atoms with E-state index in [9.17, 15) is 9.59 Å². The van der Waals surface area contributed by atoms with Gasteiger partial charge < -0.3 is 15.5 Å². The number of nitrogens with zero attached hydrogens (tertiary/aromatic N) is 1. The van der Waals surface area contributed by atoms with Crippen LogP contribution in [0.1, 0.15) is 24.0 Å². The van der Waals surface area contributed by atoms with E-state index in [1.165, 1.54) is 0 Å². The number of rotatable bonds is 7. The third-order valence-electron chi connectivity index (χ3n) is 4.66. The van der Waals surface area contributed by atoms with E-state index in [0.29, 0.717) is 6.54 Å². The Balaban J connectivity index is 1.56. The fourth-order valence-corrected chi connectivity index (χ4v) is 2.79. The number of carbonyl (C=O) groups is 2. The van der Waals surface area contributed by atoms with Crippen LogP contribution in [0, 0.1) is 12.8 Å². The molecule has 0 radical (unpaired) electrons. The van der Waals surface area contributed by atoms with Crippen molar-refractivity contribution in [2.45, 2.75) is 26.3 Å². The van der Waals surface area contributed by atoms with Gasteiger partial charge in [0, 0.05) is 30.9 Å². The number of amides is 2. The largest absolute Gasteiger partial charge is 0.376 e. The number of likely N-dealkylation sites (N-methyl/N-ethyl adjacent to an activating group) is 1. The molecule has 5 nitrogen and oxygen atoms in total. The van der Waals surface area contributed by atoms with Crippen LogP contribution in [0.3, 0.4) is 0 Å². The van der Waals surface area contributed by atoms with Crippen LogP contribution in [0.5, 0.6) is 0 Å². The minimum Gasteiger partial charge on any atom is -0.376 e. The summed E-state index contributed by atoms with van der Waals surface area (Å²) in [7, 11) is 1.80. The fourth-order valence-electron chi connectivity index (χ4n) is 2.79. The second kappa shape index (κ2) is 8.04. The molecule has 1 saturated carbocycles. The number of benzene rings is 2. The molecule has 2 N–H and O–H groups in total. The van der Waals surface area contributed by atoms with Crippen LogP contribution in [0.25, 0.3) is 0 Å². The van der Waals surface area contributed by atoms with Gasteiger partial charge >= 0.3 is 0 Å². The van der Waals surface area contributed by atoms with Crippen LogP contribution in [-0.2, 0) is 16.1 Å². The monoisotopic (exact) mass is 351 g/mol. The van der Waals surface area contributed by atoms with Gasteiger partial charge in [0.1, 0.15) is 0 Å². The standard InChI is InChI=1S/C21H25N3O2/c1-15-18(9-6-10-19(15)23-21(26)17-11-12-17)22-13-20(25)24(2)14-16-7-4-3-5-8-16/h3-10,17,22H,11-14H2,1-2H3,(H,23,26). The lowest BCUT2D eigenvalue weighted by Gasteiger charge is -2.19. The Bertz CT molecular complexity index is 785. The van der Waals surface area contributed by atoms with E-state index in [1.54, 1.807) is 11.9 Å². The summed E-state index contributed by atoms with van der Waals surface area (Å²) in [6, 6.07) is 15.6. The van der Waals surface area contributed by atoms with Crippen molar-refractivity contribution in [3.05, 3.63) is 59.7 Å². The molecule has 0 heterocycles. The number of anilines is 2. The molecule has 26 heavy (non-hydrogen) atoms. The van der Waals surface area contributed by atoms with Gasteiger partial charge in [-0.3, -0.25) is 9.59 Å². The van der Waals surface area contributed by atoms with Crippen molar-refractivity contribution < 1.29 is 9.59 Å².